The summed E-state index contributed by atoms with van der Waals surface area (Å²) in [6.45, 7) is 2.54. The molecule has 1 aromatic heterocycles. The van der Waals surface area contributed by atoms with E-state index in [0.29, 0.717) is 17.3 Å². The van der Waals surface area contributed by atoms with Crippen molar-refractivity contribution in [2.24, 2.45) is 0 Å². The van der Waals surface area contributed by atoms with Crippen LogP contribution in [0, 0.1) is 0 Å². The summed E-state index contributed by atoms with van der Waals surface area (Å²) in [7, 11) is 0. The molecule has 1 heterocycles. The molecule has 5 nitrogen and oxygen atoms in total. The quantitative estimate of drug-likeness (QED) is 0.903. The Bertz CT molecular complexity index is 541. The maximum atomic E-state index is 11.8. The fourth-order valence-corrected chi connectivity index (χ4v) is 1.88. The second-order valence-corrected chi connectivity index (χ2v) is 4.67. The van der Waals surface area contributed by atoms with Gasteiger partial charge in [0.25, 0.3) is 0 Å². The zero-order chi connectivity index (χ0) is 13.7. The van der Waals surface area contributed by atoms with Crippen molar-refractivity contribution >= 4 is 23.3 Å². The van der Waals surface area contributed by atoms with Gasteiger partial charge in [-0.2, -0.15) is 5.10 Å². The van der Waals surface area contributed by atoms with Gasteiger partial charge >= 0.3 is 6.03 Å². The number of hydrogen-bond acceptors (Lipinski definition) is 2. The van der Waals surface area contributed by atoms with Gasteiger partial charge in [-0.3, -0.25) is 4.68 Å². The molecule has 0 spiro atoms. The average molecular weight is 279 g/mol. The second kappa shape index (κ2) is 6.24. The summed E-state index contributed by atoms with van der Waals surface area (Å²) in [4.78, 5) is 11.8. The Balaban J connectivity index is 1.84. The van der Waals surface area contributed by atoms with Gasteiger partial charge in [-0.15, -0.1) is 0 Å². The van der Waals surface area contributed by atoms with Gasteiger partial charge in [0.05, 0.1) is 6.54 Å². The fraction of sp³-hybridized carbons (Fsp3) is 0.231. The first-order valence-corrected chi connectivity index (χ1v) is 6.32. The topological polar surface area (TPSA) is 59.0 Å². The van der Waals surface area contributed by atoms with Crippen molar-refractivity contribution in [2.45, 2.75) is 19.5 Å². The van der Waals surface area contributed by atoms with E-state index in [4.69, 9.17) is 11.6 Å². The Morgan fingerprint density at radius 2 is 2.32 bits per heavy atom. The first-order valence-electron chi connectivity index (χ1n) is 5.94. The predicted molar refractivity (Wildman–Crippen MR) is 75.3 cm³/mol. The molecule has 0 bridgehead atoms. The highest BCUT2D eigenvalue weighted by molar-refractivity contribution is 6.30. The van der Waals surface area contributed by atoms with E-state index in [9.17, 15) is 4.79 Å². The lowest BCUT2D eigenvalue weighted by atomic mass is 10.3. The molecule has 2 aromatic rings. The minimum atomic E-state index is -0.262. The van der Waals surface area contributed by atoms with E-state index in [1.54, 1.807) is 35.1 Å². The molecule has 0 aliphatic rings. The van der Waals surface area contributed by atoms with Crippen molar-refractivity contribution in [3.63, 3.8) is 0 Å². The van der Waals surface area contributed by atoms with Crippen LogP contribution in [0.3, 0.4) is 0 Å². The van der Waals surface area contributed by atoms with Gasteiger partial charge in [-0.05, 0) is 31.2 Å². The highest BCUT2D eigenvalue weighted by Gasteiger charge is 2.08. The van der Waals surface area contributed by atoms with Crippen molar-refractivity contribution < 1.29 is 4.79 Å². The zero-order valence-electron chi connectivity index (χ0n) is 10.5. The maximum absolute atomic E-state index is 11.8. The van der Waals surface area contributed by atoms with Gasteiger partial charge in [0.1, 0.15) is 0 Å². The van der Waals surface area contributed by atoms with Crippen LogP contribution in [-0.2, 0) is 6.54 Å². The van der Waals surface area contributed by atoms with Crippen LogP contribution in [0.5, 0.6) is 0 Å². The van der Waals surface area contributed by atoms with Crippen LogP contribution < -0.4 is 10.6 Å². The van der Waals surface area contributed by atoms with Crippen LogP contribution in [0.4, 0.5) is 10.5 Å². The van der Waals surface area contributed by atoms with Crippen molar-refractivity contribution in [1.82, 2.24) is 15.1 Å². The molecule has 0 aliphatic carbocycles. The molecule has 1 aromatic carbocycles. The third kappa shape index (κ3) is 4.30. The van der Waals surface area contributed by atoms with E-state index in [0.717, 1.165) is 0 Å². The smallest absolute Gasteiger partial charge is 0.319 e. The van der Waals surface area contributed by atoms with Crippen molar-refractivity contribution in [1.29, 1.82) is 0 Å². The number of carbonyl (C=O) groups is 1. The zero-order valence-corrected chi connectivity index (χ0v) is 11.3. The minimum Gasteiger partial charge on any atom is -0.334 e. The van der Waals surface area contributed by atoms with Crippen LogP contribution in [-0.4, -0.2) is 21.9 Å². The van der Waals surface area contributed by atoms with Gasteiger partial charge in [0.15, 0.2) is 0 Å². The highest BCUT2D eigenvalue weighted by Crippen LogP contribution is 2.14. The summed E-state index contributed by atoms with van der Waals surface area (Å²) in [5.41, 5.74) is 0.663. The van der Waals surface area contributed by atoms with Gasteiger partial charge < -0.3 is 10.6 Å². The third-order valence-electron chi connectivity index (χ3n) is 2.48. The fourth-order valence-electron chi connectivity index (χ4n) is 1.69. The molecule has 2 N–H and O–H groups in total. The second-order valence-electron chi connectivity index (χ2n) is 4.24. The average Bonchev–Trinajstić information content (AvgIpc) is 2.81. The van der Waals surface area contributed by atoms with Crippen molar-refractivity contribution in [3.8, 4) is 0 Å². The highest BCUT2D eigenvalue weighted by atomic mass is 35.5. The third-order valence-corrected chi connectivity index (χ3v) is 2.72. The number of anilines is 1. The Morgan fingerprint density at radius 1 is 1.47 bits per heavy atom. The van der Waals surface area contributed by atoms with Crippen LogP contribution in [0.25, 0.3) is 0 Å². The molecule has 0 fully saturated rings. The summed E-state index contributed by atoms with van der Waals surface area (Å²) in [5, 5.41) is 10.2. The standard InChI is InChI=1S/C13H15ClN4O/c1-10(9-18-7-3-6-15-18)16-13(19)17-12-5-2-4-11(14)8-12/h2-8,10H,9H2,1H3,(H2,16,17,19). The lowest BCUT2D eigenvalue weighted by molar-refractivity contribution is 0.247. The van der Waals surface area contributed by atoms with Crippen LogP contribution in [0.1, 0.15) is 6.92 Å². The van der Waals surface area contributed by atoms with E-state index in [2.05, 4.69) is 15.7 Å². The van der Waals surface area contributed by atoms with Gasteiger partial charge in [0.2, 0.25) is 0 Å². The number of amides is 2. The number of benzene rings is 1. The number of urea groups is 1. The Labute approximate surface area is 116 Å². The predicted octanol–water partition coefficient (Wildman–Crippen LogP) is 2.75. The summed E-state index contributed by atoms with van der Waals surface area (Å²) >= 11 is 5.85. The molecule has 2 amide bonds. The number of aromatic nitrogens is 2. The first-order chi connectivity index (χ1) is 9.13. The van der Waals surface area contributed by atoms with Crippen molar-refractivity contribution in [2.75, 3.05) is 5.32 Å². The first kappa shape index (κ1) is 13.4. The van der Waals surface area contributed by atoms with Gasteiger partial charge in [-0.1, -0.05) is 17.7 Å². The SMILES string of the molecule is CC(Cn1cccn1)NC(=O)Nc1cccc(Cl)c1. The summed E-state index contributed by atoms with van der Waals surface area (Å²) in [6, 6.07) is 8.57. The molecular weight excluding hydrogens is 264 g/mol. The molecule has 0 aliphatic heterocycles. The lowest BCUT2D eigenvalue weighted by Gasteiger charge is -2.14. The molecule has 2 rings (SSSR count). The number of nitrogens with zero attached hydrogens (tertiary/aromatic N) is 2. The number of nitrogens with one attached hydrogen (secondary N) is 2. The van der Waals surface area contributed by atoms with Gasteiger partial charge in [-0.25, -0.2) is 4.79 Å². The molecule has 1 atom stereocenters. The van der Waals surface area contributed by atoms with Crippen LogP contribution in [0.2, 0.25) is 5.02 Å². The Morgan fingerprint density at radius 3 is 3.00 bits per heavy atom. The molecule has 0 radical (unpaired) electrons. The number of carbonyl (C=O) groups excluding carboxylic acids is 1. The summed E-state index contributed by atoms with van der Waals surface area (Å²) in [5.74, 6) is 0. The normalized spacial score (nSPS) is 11.9. The molecule has 19 heavy (non-hydrogen) atoms. The summed E-state index contributed by atoms with van der Waals surface area (Å²) in [6.07, 6.45) is 3.56. The monoisotopic (exact) mass is 278 g/mol. The van der Waals surface area contributed by atoms with Gasteiger partial charge in [0, 0.05) is 29.1 Å². The lowest BCUT2D eigenvalue weighted by Crippen LogP contribution is -2.38. The summed E-state index contributed by atoms with van der Waals surface area (Å²) < 4.78 is 1.77. The number of hydrogen-bond donors (Lipinski definition) is 2. The largest absolute Gasteiger partial charge is 0.334 e. The van der Waals surface area contributed by atoms with Crippen molar-refractivity contribution in [3.05, 3.63) is 47.7 Å². The molecule has 1 unspecified atom stereocenters. The molecule has 0 saturated carbocycles. The van der Waals surface area contributed by atoms with Crippen LogP contribution in [0.15, 0.2) is 42.7 Å². The minimum absolute atomic E-state index is 0.0286. The molecule has 0 saturated heterocycles. The Kier molecular flexibility index (Phi) is 4.41. The van der Waals surface area contributed by atoms with Crippen LogP contribution >= 0.6 is 11.6 Å². The number of halogens is 1. The number of rotatable bonds is 4. The van der Waals surface area contributed by atoms with E-state index in [1.165, 1.54) is 0 Å². The van der Waals surface area contributed by atoms with E-state index in [-0.39, 0.29) is 12.1 Å². The molecular formula is C13H15ClN4O. The molecule has 100 valence electrons. The van der Waals surface area contributed by atoms with E-state index < -0.39 is 0 Å². The Hall–Kier alpha value is -2.01. The molecule has 6 heteroatoms. The maximum Gasteiger partial charge on any atom is 0.319 e. The van der Waals surface area contributed by atoms with E-state index in [1.807, 2.05) is 19.2 Å². The van der Waals surface area contributed by atoms with E-state index >= 15 is 0 Å².